The summed E-state index contributed by atoms with van der Waals surface area (Å²) < 4.78 is 6.69. The molecule has 2 aromatic rings. The molecule has 1 aromatic heterocycles. The van der Waals surface area contributed by atoms with E-state index >= 15 is 0 Å². The lowest BCUT2D eigenvalue weighted by molar-refractivity contribution is -0.386. The van der Waals surface area contributed by atoms with Crippen LogP contribution in [0.1, 0.15) is 16.1 Å². The number of amides is 1. The number of carbonyl (C=O) groups excluding carboxylic acids is 1. The van der Waals surface area contributed by atoms with Crippen LogP contribution >= 0.6 is 0 Å². The van der Waals surface area contributed by atoms with Gasteiger partial charge in [0.05, 0.1) is 4.92 Å². The van der Waals surface area contributed by atoms with Crippen LogP contribution < -0.4 is 16.0 Å². The van der Waals surface area contributed by atoms with Crippen LogP contribution in [-0.4, -0.2) is 20.6 Å². The van der Waals surface area contributed by atoms with E-state index in [2.05, 4.69) is 5.10 Å². The molecule has 0 fully saturated rings. The SMILES string of the molecule is Cc1ccc(OCn2ccc(C(=O)NN)n2)c([N+](=O)[O-])c1. The first-order valence-electron chi connectivity index (χ1n) is 5.93. The number of aromatic nitrogens is 2. The van der Waals surface area contributed by atoms with E-state index in [-0.39, 0.29) is 23.9 Å². The molecule has 21 heavy (non-hydrogen) atoms. The third kappa shape index (κ3) is 3.34. The highest BCUT2D eigenvalue weighted by molar-refractivity contribution is 5.91. The first kappa shape index (κ1) is 14.5. The number of nitrogens with two attached hydrogens (primary N) is 1. The zero-order valence-corrected chi connectivity index (χ0v) is 11.1. The number of nitrogen functional groups attached to an aromatic ring is 1. The first-order valence-corrected chi connectivity index (χ1v) is 5.93. The van der Waals surface area contributed by atoms with Gasteiger partial charge in [-0.2, -0.15) is 5.10 Å². The smallest absolute Gasteiger partial charge is 0.311 e. The van der Waals surface area contributed by atoms with Crippen molar-refractivity contribution >= 4 is 11.6 Å². The van der Waals surface area contributed by atoms with Crippen molar-refractivity contribution in [1.82, 2.24) is 15.2 Å². The second-order valence-corrected chi connectivity index (χ2v) is 4.22. The van der Waals surface area contributed by atoms with E-state index in [1.165, 1.54) is 29.1 Å². The Morgan fingerprint density at radius 2 is 2.29 bits per heavy atom. The lowest BCUT2D eigenvalue weighted by Crippen LogP contribution is -2.30. The Balaban J connectivity index is 2.11. The fourth-order valence-electron chi connectivity index (χ4n) is 1.66. The standard InChI is InChI=1S/C12H13N5O4/c1-8-2-3-11(10(6-8)17(19)20)21-7-16-5-4-9(15-16)12(18)14-13/h2-6H,7,13H2,1H3,(H,14,18). The van der Waals surface area contributed by atoms with Crippen LogP contribution in [0.2, 0.25) is 0 Å². The number of hydrogen-bond acceptors (Lipinski definition) is 6. The summed E-state index contributed by atoms with van der Waals surface area (Å²) in [5.41, 5.74) is 2.71. The number of rotatable bonds is 5. The van der Waals surface area contributed by atoms with E-state index in [0.29, 0.717) is 0 Å². The summed E-state index contributed by atoms with van der Waals surface area (Å²) in [6.45, 7) is 1.68. The second-order valence-electron chi connectivity index (χ2n) is 4.22. The predicted octanol–water partition coefficient (Wildman–Crippen LogP) is 0.740. The van der Waals surface area contributed by atoms with Gasteiger partial charge in [-0.1, -0.05) is 6.07 Å². The molecule has 2 rings (SSSR count). The molecule has 0 spiro atoms. The van der Waals surface area contributed by atoms with Crippen LogP contribution in [0.5, 0.6) is 5.75 Å². The summed E-state index contributed by atoms with van der Waals surface area (Å²) >= 11 is 0. The molecule has 0 aliphatic carbocycles. The maximum atomic E-state index is 11.2. The largest absolute Gasteiger partial charge is 0.464 e. The molecular formula is C12H13N5O4. The number of carbonyl (C=O) groups is 1. The minimum Gasteiger partial charge on any atom is -0.464 e. The molecule has 0 bridgehead atoms. The molecule has 1 heterocycles. The Hall–Kier alpha value is -2.94. The first-order chi connectivity index (χ1) is 10.0. The molecule has 0 unspecified atom stereocenters. The monoisotopic (exact) mass is 291 g/mol. The molecule has 0 atom stereocenters. The summed E-state index contributed by atoms with van der Waals surface area (Å²) in [6.07, 6.45) is 1.50. The molecule has 3 N–H and O–H groups in total. The van der Waals surface area contributed by atoms with E-state index in [1.807, 2.05) is 5.43 Å². The molecule has 110 valence electrons. The lowest BCUT2D eigenvalue weighted by atomic mass is 10.2. The quantitative estimate of drug-likeness (QED) is 0.362. The van der Waals surface area contributed by atoms with Crippen LogP contribution in [0.4, 0.5) is 5.69 Å². The van der Waals surface area contributed by atoms with Crippen molar-refractivity contribution in [3.05, 3.63) is 51.8 Å². The van der Waals surface area contributed by atoms with E-state index < -0.39 is 10.8 Å². The molecule has 0 aliphatic heterocycles. The number of ether oxygens (including phenoxy) is 1. The molecule has 0 saturated heterocycles. The Morgan fingerprint density at radius 3 is 2.95 bits per heavy atom. The fraction of sp³-hybridized carbons (Fsp3) is 0.167. The number of nitro groups is 1. The third-order valence-corrected chi connectivity index (χ3v) is 2.67. The van der Waals surface area contributed by atoms with Gasteiger partial charge in [0, 0.05) is 12.3 Å². The van der Waals surface area contributed by atoms with Crippen molar-refractivity contribution in [2.24, 2.45) is 5.84 Å². The van der Waals surface area contributed by atoms with Gasteiger partial charge in [0.2, 0.25) is 0 Å². The Kier molecular flexibility index (Phi) is 4.14. The number of benzene rings is 1. The summed E-state index contributed by atoms with van der Waals surface area (Å²) in [5, 5.41) is 14.9. The molecule has 0 saturated carbocycles. The third-order valence-electron chi connectivity index (χ3n) is 2.67. The molecule has 1 amide bonds. The molecule has 9 heteroatoms. The number of aryl methyl sites for hydroxylation is 1. The topological polar surface area (TPSA) is 125 Å². The summed E-state index contributed by atoms with van der Waals surface area (Å²) in [5.74, 6) is 4.59. The Morgan fingerprint density at radius 1 is 1.52 bits per heavy atom. The van der Waals surface area contributed by atoms with E-state index in [0.717, 1.165) is 5.56 Å². The molecule has 1 aromatic carbocycles. The van der Waals surface area contributed by atoms with Crippen molar-refractivity contribution in [2.45, 2.75) is 13.7 Å². The lowest BCUT2D eigenvalue weighted by Gasteiger charge is -2.07. The second kappa shape index (κ2) is 6.01. The zero-order valence-electron chi connectivity index (χ0n) is 11.1. The van der Waals surface area contributed by atoms with Crippen molar-refractivity contribution < 1.29 is 14.5 Å². The Labute approximate surface area is 119 Å². The molecular weight excluding hydrogens is 278 g/mol. The maximum Gasteiger partial charge on any atom is 0.311 e. The van der Waals surface area contributed by atoms with Gasteiger partial charge in [0.25, 0.3) is 5.91 Å². The van der Waals surface area contributed by atoms with Gasteiger partial charge < -0.3 is 4.74 Å². The van der Waals surface area contributed by atoms with Crippen molar-refractivity contribution in [1.29, 1.82) is 0 Å². The zero-order chi connectivity index (χ0) is 15.4. The maximum absolute atomic E-state index is 11.2. The molecule has 9 nitrogen and oxygen atoms in total. The summed E-state index contributed by atoms with van der Waals surface area (Å²) in [7, 11) is 0. The minimum atomic E-state index is -0.532. The van der Waals surface area contributed by atoms with Crippen LogP contribution in [0.3, 0.4) is 0 Å². The van der Waals surface area contributed by atoms with Crippen LogP contribution in [-0.2, 0) is 6.73 Å². The molecule has 0 aliphatic rings. The van der Waals surface area contributed by atoms with E-state index in [4.69, 9.17) is 10.6 Å². The van der Waals surface area contributed by atoms with E-state index in [1.54, 1.807) is 13.0 Å². The van der Waals surface area contributed by atoms with Crippen molar-refractivity contribution in [2.75, 3.05) is 0 Å². The summed E-state index contributed by atoms with van der Waals surface area (Å²) in [6, 6.07) is 6.10. The highest BCUT2D eigenvalue weighted by atomic mass is 16.6. The predicted molar refractivity (Wildman–Crippen MR) is 72.3 cm³/mol. The number of nitrogens with one attached hydrogen (secondary N) is 1. The van der Waals surface area contributed by atoms with Crippen molar-refractivity contribution in [3.8, 4) is 5.75 Å². The fourth-order valence-corrected chi connectivity index (χ4v) is 1.66. The van der Waals surface area contributed by atoms with Gasteiger partial charge in [0.15, 0.2) is 18.2 Å². The van der Waals surface area contributed by atoms with Crippen LogP contribution in [0.25, 0.3) is 0 Å². The van der Waals surface area contributed by atoms with Gasteiger partial charge in [0.1, 0.15) is 0 Å². The van der Waals surface area contributed by atoms with Gasteiger partial charge in [-0.05, 0) is 24.6 Å². The highest BCUT2D eigenvalue weighted by Crippen LogP contribution is 2.27. The van der Waals surface area contributed by atoms with Gasteiger partial charge in [-0.3, -0.25) is 20.3 Å². The van der Waals surface area contributed by atoms with Crippen molar-refractivity contribution in [3.63, 3.8) is 0 Å². The number of hydrogen-bond donors (Lipinski definition) is 2. The average Bonchev–Trinajstić information content (AvgIpc) is 2.93. The normalized spacial score (nSPS) is 10.2. The molecule has 0 radical (unpaired) electrons. The van der Waals surface area contributed by atoms with Gasteiger partial charge >= 0.3 is 5.69 Å². The van der Waals surface area contributed by atoms with Crippen LogP contribution in [0, 0.1) is 17.0 Å². The minimum absolute atomic E-state index is 0.0677. The van der Waals surface area contributed by atoms with Crippen LogP contribution in [0.15, 0.2) is 30.5 Å². The summed E-state index contributed by atoms with van der Waals surface area (Å²) in [4.78, 5) is 21.7. The number of nitro benzene ring substituents is 1. The van der Waals surface area contributed by atoms with E-state index in [9.17, 15) is 14.9 Å². The highest BCUT2D eigenvalue weighted by Gasteiger charge is 2.15. The number of hydrazine groups is 1. The average molecular weight is 291 g/mol. The van der Waals surface area contributed by atoms with Gasteiger partial charge in [-0.25, -0.2) is 10.5 Å². The Bertz CT molecular complexity index is 682. The van der Waals surface area contributed by atoms with Gasteiger partial charge in [-0.15, -0.1) is 0 Å². The number of nitrogens with zero attached hydrogens (tertiary/aromatic N) is 3.